The molecule has 0 saturated heterocycles. The van der Waals surface area contributed by atoms with E-state index in [2.05, 4.69) is 6.92 Å². The van der Waals surface area contributed by atoms with E-state index in [1.807, 2.05) is 0 Å². The molecule has 2 N–H and O–H groups in total. The van der Waals surface area contributed by atoms with Gasteiger partial charge in [-0.25, -0.2) is 0 Å². The van der Waals surface area contributed by atoms with Crippen LogP contribution in [0.2, 0.25) is 0 Å². The maximum atomic E-state index is 12.0. The minimum Gasteiger partial charge on any atom is -0.325 e. The van der Waals surface area contributed by atoms with Crippen LogP contribution in [0.5, 0.6) is 0 Å². The van der Waals surface area contributed by atoms with E-state index >= 15 is 0 Å². The number of hydrogen-bond acceptors (Lipinski definition) is 1. The summed E-state index contributed by atoms with van der Waals surface area (Å²) in [4.78, 5) is 0. The molecule has 0 aromatic rings. The van der Waals surface area contributed by atoms with Gasteiger partial charge in [-0.1, -0.05) is 6.92 Å². The van der Waals surface area contributed by atoms with Gasteiger partial charge in [0.2, 0.25) is 0 Å². The molecule has 1 fully saturated rings. The molecule has 2 heteroatoms. The zero-order chi connectivity index (χ0) is 8.32. The van der Waals surface area contributed by atoms with Crippen molar-refractivity contribution < 1.29 is 4.39 Å². The quantitative estimate of drug-likeness (QED) is 0.657. The molecule has 11 heavy (non-hydrogen) atoms. The molecule has 0 aromatic heterocycles. The van der Waals surface area contributed by atoms with Crippen molar-refractivity contribution >= 4 is 0 Å². The minimum absolute atomic E-state index is 0.165. The van der Waals surface area contributed by atoms with Crippen LogP contribution in [0.4, 0.5) is 4.39 Å². The molecular weight excluding hydrogens is 141 g/mol. The van der Waals surface area contributed by atoms with Crippen LogP contribution in [0, 0.1) is 5.92 Å². The molecule has 0 heterocycles. The number of hydrogen-bond donors (Lipinski definition) is 1. The molecule has 1 aliphatic carbocycles. The highest BCUT2D eigenvalue weighted by atomic mass is 19.1. The van der Waals surface area contributed by atoms with Crippen molar-refractivity contribution in [3.63, 3.8) is 0 Å². The van der Waals surface area contributed by atoms with Crippen LogP contribution < -0.4 is 5.73 Å². The van der Waals surface area contributed by atoms with E-state index in [1.165, 1.54) is 12.8 Å². The SMILES string of the molecule is CC1CCC(N)(CCF)CC1. The lowest BCUT2D eigenvalue weighted by Gasteiger charge is -2.35. The van der Waals surface area contributed by atoms with Crippen LogP contribution in [0.3, 0.4) is 0 Å². The van der Waals surface area contributed by atoms with E-state index in [1.54, 1.807) is 0 Å². The summed E-state index contributed by atoms with van der Waals surface area (Å²) in [5.74, 6) is 0.797. The zero-order valence-corrected chi connectivity index (χ0v) is 7.28. The molecule has 1 saturated carbocycles. The highest BCUT2D eigenvalue weighted by Crippen LogP contribution is 2.32. The predicted octanol–water partition coefficient (Wildman–Crippen LogP) is 2.25. The predicted molar refractivity (Wildman–Crippen MR) is 45.1 cm³/mol. The Labute approximate surface area is 68.2 Å². The van der Waals surface area contributed by atoms with Crippen molar-refractivity contribution in [2.45, 2.75) is 44.6 Å². The summed E-state index contributed by atoms with van der Waals surface area (Å²) < 4.78 is 12.0. The minimum atomic E-state index is -0.259. The molecule has 0 amide bonds. The van der Waals surface area contributed by atoms with Crippen molar-refractivity contribution in [2.24, 2.45) is 11.7 Å². The highest BCUT2D eigenvalue weighted by Gasteiger charge is 2.29. The fraction of sp³-hybridized carbons (Fsp3) is 1.00. The van der Waals surface area contributed by atoms with Gasteiger partial charge in [-0.2, -0.15) is 0 Å². The third kappa shape index (κ3) is 2.44. The summed E-state index contributed by atoms with van der Waals surface area (Å²) in [6, 6.07) is 0. The topological polar surface area (TPSA) is 26.0 Å². The third-order valence-electron chi connectivity index (χ3n) is 2.86. The van der Waals surface area contributed by atoms with Crippen LogP contribution >= 0.6 is 0 Å². The molecule has 1 rings (SSSR count). The van der Waals surface area contributed by atoms with Gasteiger partial charge < -0.3 is 5.73 Å². The largest absolute Gasteiger partial charge is 0.325 e. The van der Waals surface area contributed by atoms with Crippen LogP contribution in [-0.4, -0.2) is 12.2 Å². The lowest BCUT2D eigenvalue weighted by Crippen LogP contribution is -2.43. The van der Waals surface area contributed by atoms with E-state index in [0.29, 0.717) is 6.42 Å². The lowest BCUT2D eigenvalue weighted by atomic mass is 9.76. The van der Waals surface area contributed by atoms with Crippen molar-refractivity contribution in [1.29, 1.82) is 0 Å². The maximum absolute atomic E-state index is 12.0. The van der Waals surface area contributed by atoms with E-state index in [4.69, 9.17) is 5.73 Å². The second kappa shape index (κ2) is 3.53. The van der Waals surface area contributed by atoms with E-state index in [-0.39, 0.29) is 12.2 Å². The van der Waals surface area contributed by atoms with E-state index < -0.39 is 0 Å². The molecule has 0 spiro atoms. The van der Waals surface area contributed by atoms with Gasteiger partial charge in [-0.3, -0.25) is 4.39 Å². The summed E-state index contributed by atoms with van der Waals surface area (Å²) in [6.07, 6.45) is 4.93. The molecule has 0 bridgehead atoms. The Balaban J connectivity index is 2.35. The van der Waals surface area contributed by atoms with Gasteiger partial charge in [0.25, 0.3) is 0 Å². The molecule has 0 atom stereocenters. The maximum Gasteiger partial charge on any atom is 0.0911 e. The normalized spacial score (nSPS) is 39.0. The first kappa shape index (κ1) is 8.98. The summed E-state index contributed by atoms with van der Waals surface area (Å²) in [5, 5.41) is 0. The lowest BCUT2D eigenvalue weighted by molar-refractivity contribution is 0.216. The van der Waals surface area contributed by atoms with Crippen molar-refractivity contribution in [3.05, 3.63) is 0 Å². The van der Waals surface area contributed by atoms with Gasteiger partial charge >= 0.3 is 0 Å². The van der Waals surface area contributed by atoms with E-state index in [9.17, 15) is 4.39 Å². The molecule has 0 radical (unpaired) electrons. The number of halogens is 1. The zero-order valence-electron chi connectivity index (χ0n) is 7.28. The molecule has 0 unspecified atom stereocenters. The van der Waals surface area contributed by atoms with Crippen LogP contribution in [0.15, 0.2) is 0 Å². The molecule has 1 aliphatic rings. The molecule has 66 valence electrons. The fourth-order valence-corrected chi connectivity index (χ4v) is 1.78. The van der Waals surface area contributed by atoms with Gasteiger partial charge in [0.05, 0.1) is 6.67 Å². The van der Waals surface area contributed by atoms with Crippen molar-refractivity contribution in [3.8, 4) is 0 Å². The van der Waals surface area contributed by atoms with Gasteiger partial charge in [0.1, 0.15) is 0 Å². The van der Waals surface area contributed by atoms with E-state index in [0.717, 1.165) is 18.8 Å². The molecular formula is C9H18FN. The molecule has 1 nitrogen and oxygen atoms in total. The number of nitrogens with two attached hydrogens (primary N) is 1. The second-order valence-electron chi connectivity index (χ2n) is 3.98. The Morgan fingerprint density at radius 3 is 2.45 bits per heavy atom. The standard InChI is InChI=1S/C9H18FN/c1-8-2-4-9(11,5-3-8)6-7-10/h8H,2-7,11H2,1H3. The van der Waals surface area contributed by atoms with Gasteiger partial charge in [-0.15, -0.1) is 0 Å². The molecule has 0 aliphatic heterocycles. The van der Waals surface area contributed by atoms with Gasteiger partial charge in [-0.05, 0) is 38.0 Å². The monoisotopic (exact) mass is 159 g/mol. The van der Waals surface area contributed by atoms with Crippen LogP contribution in [0.1, 0.15) is 39.0 Å². The fourth-order valence-electron chi connectivity index (χ4n) is 1.78. The number of alkyl halides is 1. The average molecular weight is 159 g/mol. The Hall–Kier alpha value is -0.110. The first-order valence-corrected chi connectivity index (χ1v) is 4.51. The van der Waals surface area contributed by atoms with Crippen molar-refractivity contribution in [1.82, 2.24) is 0 Å². The second-order valence-corrected chi connectivity index (χ2v) is 3.98. The smallest absolute Gasteiger partial charge is 0.0911 e. The average Bonchev–Trinajstić information content (AvgIpc) is 1.97. The Bertz CT molecular complexity index is 117. The first-order chi connectivity index (χ1) is 5.16. The summed E-state index contributed by atoms with van der Waals surface area (Å²) in [5.41, 5.74) is 5.83. The highest BCUT2D eigenvalue weighted by molar-refractivity contribution is 4.88. The van der Waals surface area contributed by atoms with Gasteiger partial charge in [0, 0.05) is 5.54 Å². The van der Waals surface area contributed by atoms with Crippen molar-refractivity contribution in [2.75, 3.05) is 6.67 Å². The first-order valence-electron chi connectivity index (χ1n) is 4.51. The molecule has 0 aromatic carbocycles. The van der Waals surface area contributed by atoms with Crippen LogP contribution in [0.25, 0.3) is 0 Å². The van der Waals surface area contributed by atoms with Crippen LogP contribution in [-0.2, 0) is 0 Å². The summed E-state index contributed by atoms with van der Waals surface area (Å²) in [6.45, 7) is 1.99. The van der Waals surface area contributed by atoms with Gasteiger partial charge in [0.15, 0.2) is 0 Å². The third-order valence-corrected chi connectivity index (χ3v) is 2.86. The Kier molecular flexibility index (Phi) is 2.88. The number of rotatable bonds is 2. The summed E-state index contributed by atoms with van der Waals surface area (Å²) >= 11 is 0. The summed E-state index contributed by atoms with van der Waals surface area (Å²) in [7, 11) is 0. The Morgan fingerprint density at radius 2 is 2.00 bits per heavy atom. The Morgan fingerprint density at radius 1 is 1.45 bits per heavy atom.